The van der Waals surface area contributed by atoms with Crippen LogP contribution in [-0.4, -0.2) is 15.3 Å². The Bertz CT molecular complexity index is 837. The predicted molar refractivity (Wildman–Crippen MR) is 85.0 cm³/mol. The van der Waals surface area contributed by atoms with Crippen molar-refractivity contribution in [1.29, 1.82) is 0 Å². The summed E-state index contributed by atoms with van der Waals surface area (Å²) in [4.78, 5) is 27.0. The van der Waals surface area contributed by atoms with Crippen LogP contribution in [0.1, 0.15) is 13.3 Å². The van der Waals surface area contributed by atoms with Crippen molar-refractivity contribution in [2.45, 2.75) is 13.3 Å². The molecular weight excluding hydrogens is 280 g/mol. The van der Waals surface area contributed by atoms with Crippen LogP contribution in [0.2, 0.25) is 0 Å². The molecule has 0 saturated heterocycles. The van der Waals surface area contributed by atoms with E-state index in [2.05, 4.69) is 15.5 Å². The summed E-state index contributed by atoms with van der Waals surface area (Å²) >= 11 is 0. The number of imidazole rings is 1. The molecule has 1 amide bonds. The van der Waals surface area contributed by atoms with Crippen LogP contribution >= 0.6 is 0 Å². The van der Waals surface area contributed by atoms with Crippen molar-refractivity contribution in [1.82, 2.24) is 9.38 Å². The van der Waals surface area contributed by atoms with E-state index in [1.165, 1.54) is 0 Å². The van der Waals surface area contributed by atoms with E-state index in [0.717, 1.165) is 5.56 Å². The normalized spacial score (nSPS) is 10.6. The van der Waals surface area contributed by atoms with Gasteiger partial charge in [0.2, 0.25) is 11.7 Å². The number of hydrogen-bond acceptors (Lipinski definition) is 4. The monoisotopic (exact) mass is 294 g/mol. The molecular formula is C16H14N4O2. The van der Waals surface area contributed by atoms with Gasteiger partial charge in [0, 0.05) is 23.9 Å². The highest BCUT2D eigenvalue weighted by Gasteiger charge is 2.14. The fourth-order valence-corrected chi connectivity index (χ4v) is 2.22. The molecule has 0 aliphatic carbocycles. The number of pyridine rings is 1. The molecule has 22 heavy (non-hydrogen) atoms. The van der Waals surface area contributed by atoms with Gasteiger partial charge in [-0.05, 0) is 29.4 Å². The Morgan fingerprint density at radius 1 is 1.23 bits per heavy atom. The lowest BCUT2D eigenvalue weighted by atomic mass is 10.1. The first-order valence-corrected chi connectivity index (χ1v) is 6.93. The molecule has 1 N–H and O–H groups in total. The number of nitrogens with zero attached hydrogens (tertiary/aromatic N) is 3. The topological polar surface area (TPSA) is 75.8 Å². The fraction of sp³-hybridized carbons (Fsp3) is 0.125. The average molecular weight is 294 g/mol. The smallest absolute Gasteiger partial charge is 0.224 e. The number of hydrogen-bond donors (Lipinski definition) is 1. The van der Waals surface area contributed by atoms with Crippen LogP contribution in [0, 0.1) is 4.91 Å². The summed E-state index contributed by atoms with van der Waals surface area (Å²) in [5.74, 6) is 0.219. The molecule has 6 nitrogen and oxygen atoms in total. The maximum atomic E-state index is 11.4. The lowest BCUT2D eigenvalue weighted by Gasteiger charge is -2.04. The van der Waals surface area contributed by atoms with Crippen LogP contribution in [0.5, 0.6) is 0 Å². The van der Waals surface area contributed by atoms with Gasteiger partial charge in [-0.15, -0.1) is 4.91 Å². The maximum absolute atomic E-state index is 11.4. The van der Waals surface area contributed by atoms with Gasteiger partial charge in [0.15, 0.2) is 0 Å². The van der Waals surface area contributed by atoms with Crippen LogP contribution in [0.25, 0.3) is 16.9 Å². The number of nitroso groups, excluding NO2 is 1. The molecule has 0 aliphatic rings. The average Bonchev–Trinajstić information content (AvgIpc) is 2.94. The van der Waals surface area contributed by atoms with Crippen molar-refractivity contribution in [3.8, 4) is 11.3 Å². The largest absolute Gasteiger partial charge is 0.326 e. The summed E-state index contributed by atoms with van der Waals surface area (Å²) in [5, 5.41) is 5.88. The van der Waals surface area contributed by atoms with Crippen molar-refractivity contribution < 1.29 is 4.79 Å². The zero-order valence-corrected chi connectivity index (χ0v) is 12.0. The molecule has 6 heteroatoms. The number of rotatable bonds is 4. The van der Waals surface area contributed by atoms with Gasteiger partial charge in [-0.25, -0.2) is 4.98 Å². The van der Waals surface area contributed by atoms with Crippen molar-refractivity contribution in [3.63, 3.8) is 0 Å². The van der Waals surface area contributed by atoms with Crippen LogP contribution in [-0.2, 0) is 4.79 Å². The number of amides is 1. The molecule has 0 radical (unpaired) electrons. The van der Waals surface area contributed by atoms with E-state index < -0.39 is 0 Å². The molecule has 0 saturated carbocycles. The Morgan fingerprint density at radius 3 is 2.68 bits per heavy atom. The van der Waals surface area contributed by atoms with Crippen molar-refractivity contribution in [2.24, 2.45) is 5.18 Å². The van der Waals surface area contributed by atoms with Crippen molar-refractivity contribution in [3.05, 3.63) is 53.6 Å². The first kappa shape index (κ1) is 13.9. The highest BCUT2D eigenvalue weighted by molar-refractivity contribution is 5.90. The standard InChI is InChI=1S/C16H14N4O2/c1-2-14(21)17-12-8-6-11(7-9-12)15-16(19-22)20-10-4-3-5-13(20)18-15/h3-10H,2H2,1H3,(H,17,21). The third kappa shape index (κ3) is 2.46. The van der Waals surface area contributed by atoms with Gasteiger partial charge in [-0.3, -0.25) is 9.20 Å². The molecule has 1 aromatic carbocycles. The Balaban J connectivity index is 2.00. The Kier molecular flexibility index (Phi) is 3.65. The Labute approximate surface area is 126 Å². The minimum Gasteiger partial charge on any atom is -0.326 e. The maximum Gasteiger partial charge on any atom is 0.224 e. The summed E-state index contributed by atoms with van der Waals surface area (Å²) in [5.41, 5.74) is 2.66. The molecule has 0 unspecified atom stereocenters. The third-order valence-corrected chi connectivity index (χ3v) is 3.35. The zero-order valence-electron chi connectivity index (χ0n) is 12.0. The Morgan fingerprint density at radius 2 is 2.00 bits per heavy atom. The number of carbonyl (C=O) groups is 1. The summed E-state index contributed by atoms with van der Waals surface area (Å²) in [6.07, 6.45) is 2.17. The molecule has 3 aromatic rings. The summed E-state index contributed by atoms with van der Waals surface area (Å²) in [6.45, 7) is 1.79. The van der Waals surface area contributed by atoms with E-state index in [4.69, 9.17) is 0 Å². The fourth-order valence-electron chi connectivity index (χ4n) is 2.22. The quantitative estimate of drug-likeness (QED) is 0.744. The van der Waals surface area contributed by atoms with Crippen LogP contribution < -0.4 is 5.32 Å². The summed E-state index contributed by atoms with van der Waals surface area (Å²) in [6, 6.07) is 12.7. The lowest BCUT2D eigenvalue weighted by Crippen LogP contribution is -2.08. The number of anilines is 1. The summed E-state index contributed by atoms with van der Waals surface area (Å²) < 4.78 is 1.65. The second-order valence-corrected chi connectivity index (χ2v) is 4.78. The molecule has 0 atom stereocenters. The predicted octanol–water partition coefficient (Wildman–Crippen LogP) is 3.75. The highest BCUT2D eigenvalue weighted by Crippen LogP contribution is 2.31. The lowest BCUT2D eigenvalue weighted by molar-refractivity contribution is -0.115. The number of aromatic nitrogens is 2. The molecule has 0 bridgehead atoms. The number of benzene rings is 1. The van der Waals surface area contributed by atoms with E-state index in [1.807, 2.05) is 30.3 Å². The first-order valence-electron chi connectivity index (χ1n) is 6.93. The molecule has 0 aliphatic heterocycles. The second kappa shape index (κ2) is 5.77. The minimum absolute atomic E-state index is 0.0456. The molecule has 110 valence electrons. The SMILES string of the molecule is CCC(=O)Nc1ccc(-c2nc3ccccn3c2N=O)cc1. The van der Waals surface area contributed by atoms with Gasteiger partial charge in [0.1, 0.15) is 11.3 Å². The van der Waals surface area contributed by atoms with Crippen molar-refractivity contribution in [2.75, 3.05) is 5.32 Å². The third-order valence-electron chi connectivity index (χ3n) is 3.35. The number of carbonyl (C=O) groups excluding carboxylic acids is 1. The van der Waals surface area contributed by atoms with E-state index in [0.29, 0.717) is 23.4 Å². The van der Waals surface area contributed by atoms with Gasteiger partial charge >= 0.3 is 0 Å². The van der Waals surface area contributed by atoms with E-state index in [9.17, 15) is 9.70 Å². The minimum atomic E-state index is -0.0456. The molecule has 0 spiro atoms. The van der Waals surface area contributed by atoms with Crippen molar-refractivity contribution >= 4 is 23.1 Å². The van der Waals surface area contributed by atoms with Gasteiger partial charge in [-0.1, -0.05) is 25.1 Å². The van der Waals surface area contributed by atoms with Crippen LogP contribution in [0.3, 0.4) is 0 Å². The van der Waals surface area contributed by atoms with Crippen LogP contribution in [0.15, 0.2) is 53.8 Å². The van der Waals surface area contributed by atoms with Gasteiger partial charge < -0.3 is 5.32 Å². The van der Waals surface area contributed by atoms with Gasteiger partial charge in [0.25, 0.3) is 0 Å². The summed E-state index contributed by atoms with van der Waals surface area (Å²) in [7, 11) is 0. The number of fused-ring (bicyclic) bond motifs is 1. The van der Waals surface area contributed by atoms with Crippen LogP contribution in [0.4, 0.5) is 11.5 Å². The molecule has 0 fully saturated rings. The van der Waals surface area contributed by atoms with E-state index >= 15 is 0 Å². The molecule has 2 aromatic heterocycles. The zero-order chi connectivity index (χ0) is 15.5. The molecule has 3 rings (SSSR count). The van der Waals surface area contributed by atoms with Gasteiger partial charge in [-0.2, -0.15) is 0 Å². The first-order chi connectivity index (χ1) is 10.7. The molecule has 2 heterocycles. The van der Waals surface area contributed by atoms with E-state index in [1.54, 1.807) is 29.7 Å². The van der Waals surface area contributed by atoms with Gasteiger partial charge in [0.05, 0.1) is 0 Å². The highest BCUT2D eigenvalue weighted by atomic mass is 16.3. The number of nitrogens with one attached hydrogen (secondary N) is 1. The Hall–Kier alpha value is -3.02. The second-order valence-electron chi connectivity index (χ2n) is 4.78. The van der Waals surface area contributed by atoms with E-state index in [-0.39, 0.29) is 11.7 Å².